The van der Waals surface area contributed by atoms with Crippen molar-refractivity contribution < 1.29 is 14.7 Å². The number of hydrogen-bond acceptors (Lipinski definition) is 5. The first-order chi connectivity index (χ1) is 10.0. The molecule has 106 valence electrons. The van der Waals surface area contributed by atoms with E-state index in [1.165, 1.54) is 18.2 Å². The van der Waals surface area contributed by atoms with Gasteiger partial charge in [-0.3, -0.25) is 0 Å². The summed E-state index contributed by atoms with van der Waals surface area (Å²) in [5.74, 6) is 0.463. The zero-order chi connectivity index (χ0) is 15.0. The van der Waals surface area contributed by atoms with Crippen molar-refractivity contribution in [2.75, 3.05) is 0 Å². The van der Waals surface area contributed by atoms with Crippen LogP contribution in [0.3, 0.4) is 0 Å². The highest BCUT2D eigenvalue weighted by atomic mass is 79.9. The fourth-order valence-electron chi connectivity index (χ4n) is 1.94. The molecule has 2 N–H and O–H groups in total. The van der Waals surface area contributed by atoms with Crippen LogP contribution in [0, 0.1) is 6.92 Å². The Morgan fingerprint density at radius 3 is 2.52 bits per heavy atom. The Morgan fingerprint density at radius 1 is 1.05 bits per heavy atom. The van der Waals surface area contributed by atoms with Crippen LogP contribution in [-0.2, 0) is 0 Å². The lowest BCUT2D eigenvalue weighted by atomic mass is 10.1. The van der Waals surface area contributed by atoms with Gasteiger partial charge in [-0.25, -0.2) is 0 Å². The molecule has 0 atom stereocenters. The highest BCUT2D eigenvalue weighted by Crippen LogP contribution is 2.33. The molecule has 0 saturated carbocycles. The van der Waals surface area contributed by atoms with Crippen LogP contribution in [0.1, 0.15) is 5.56 Å². The third-order valence-electron chi connectivity index (χ3n) is 3.00. The van der Waals surface area contributed by atoms with Crippen molar-refractivity contribution in [3.63, 3.8) is 0 Å². The van der Waals surface area contributed by atoms with Crippen LogP contribution >= 0.6 is 15.9 Å². The first kappa shape index (κ1) is 13.6. The van der Waals surface area contributed by atoms with Gasteiger partial charge in [-0.05, 0) is 36.8 Å². The molecule has 2 aromatic carbocycles. The number of phenolic OH excluding ortho intramolecular Hbond substituents is 2. The molecule has 3 rings (SSSR count). The minimum Gasteiger partial charge on any atom is -0.508 e. The van der Waals surface area contributed by atoms with Gasteiger partial charge in [-0.15, -0.1) is 0 Å². The second-order valence-corrected chi connectivity index (χ2v) is 5.46. The molecule has 0 spiro atoms. The first-order valence-corrected chi connectivity index (χ1v) is 6.96. The predicted octanol–water partition coefficient (Wildman–Crippen LogP) is 3.89. The lowest BCUT2D eigenvalue weighted by Crippen LogP contribution is -1.84. The molecule has 1 heterocycles. The number of rotatable bonds is 2. The first-order valence-electron chi connectivity index (χ1n) is 6.17. The van der Waals surface area contributed by atoms with E-state index in [9.17, 15) is 10.2 Å². The van der Waals surface area contributed by atoms with E-state index in [0.29, 0.717) is 11.4 Å². The molecular weight excluding hydrogens is 336 g/mol. The van der Waals surface area contributed by atoms with E-state index < -0.39 is 0 Å². The predicted molar refractivity (Wildman–Crippen MR) is 80.9 cm³/mol. The molecule has 6 heteroatoms. The molecular formula is C15H11BrN2O3. The lowest BCUT2D eigenvalue weighted by Gasteiger charge is -2.00. The number of nitrogens with zero attached hydrogens (tertiary/aromatic N) is 2. The number of halogens is 1. The van der Waals surface area contributed by atoms with E-state index in [-0.39, 0.29) is 17.4 Å². The minimum atomic E-state index is -0.117. The van der Waals surface area contributed by atoms with E-state index >= 15 is 0 Å². The molecule has 0 aliphatic carbocycles. The Labute approximate surface area is 129 Å². The van der Waals surface area contributed by atoms with Crippen molar-refractivity contribution in [3.05, 3.63) is 46.4 Å². The maximum absolute atomic E-state index is 9.82. The normalized spacial score (nSPS) is 10.8. The molecule has 0 aliphatic heterocycles. The van der Waals surface area contributed by atoms with Crippen LogP contribution in [0.25, 0.3) is 22.8 Å². The summed E-state index contributed by atoms with van der Waals surface area (Å²) in [6, 6.07) is 10.00. The Kier molecular flexibility index (Phi) is 3.39. The van der Waals surface area contributed by atoms with Crippen molar-refractivity contribution in [2.45, 2.75) is 6.92 Å². The summed E-state index contributed by atoms with van der Waals surface area (Å²) in [6.45, 7) is 1.99. The number of aromatic nitrogens is 2. The molecule has 0 bridgehead atoms. The van der Waals surface area contributed by atoms with Crippen LogP contribution in [-0.4, -0.2) is 20.4 Å². The highest BCUT2D eigenvalue weighted by molar-refractivity contribution is 9.10. The lowest BCUT2D eigenvalue weighted by molar-refractivity contribution is 0.423. The molecule has 5 nitrogen and oxygen atoms in total. The maximum Gasteiger partial charge on any atom is 0.262 e. The van der Waals surface area contributed by atoms with Gasteiger partial charge in [0.25, 0.3) is 5.89 Å². The van der Waals surface area contributed by atoms with E-state index in [0.717, 1.165) is 15.6 Å². The number of benzene rings is 2. The Bertz CT molecular complexity index is 748. The van der Waals surface area contributed by atoms with Crippen molar-refractivity contribution in [2.24, 2.45) is 0 Å². The molecule has 0 fully saturated rings. The van der Waals surface area contributed by atoms with Gasteiger partial charge in [0.15, 0.2) is 0 Å². The van der Waals surface area contributed by atoms with Gasteiger partial charge in [-0.2, -0.15) is 4.98 Å². The fraction of sp³-hybridized carbons (Fsp3) is 0.0667. The summed E-state index contributed by atoms with van der Waals surface area (Å²) in [5.41, 5.74) is 2.29. The van der Waals surface area contributed by atoms with Gasteiger partial charge in [0.2, 0.25) is 5.82 Å². The summed E-state index contributed by atoms with van der Waals surface area (Å²) in [4.78, 5) is 4.28. The summed E-state index contributed by atoms with van der Waals surface area (Å²) in [6.07, 6.45) is 0. The monoisotopic (exact) mass is 346 g/mol. The van der Waals surface area contributed by atoms with Crippen LogP contribution in [0.2, 0.25) is 0 Å². The molecule has 3 aromatic rings. The third kappa shape index (κ3) is 2.62. The van der Waals surface area contributed by atoms with E-state index in [1.807, 2.05) is 25.1 Å². The van der Waals surface area contributed by atoms with Crippen LogP contribution in [0.15, 0.2) is 45.4 Å². The average Bonchev–Trinajstić information content (AvgIpc) is 2.87. The largest absolute Gasteiger partial charge is 0.508 e. The molecule has 0 unspecified atom stereocenters. The number of aryl methyl sites for hydroxylation is 1. The van der Waals surface area contributed by atoms with Gasteiger partial charge in [0.1, 0.15) is 11.5 Å². The van der Waals surface area contributed by atoms with Crippen molar-refractivity contribution in [1.29, 1.82) is 0 Å². The highest BCUT2D eigenvalue weighted by Gasteiger charge is 2.15. The van der Waals surface area contributed by atoms with Crippen LogP contribution < -0.4 is 0 Å². The topological polar surface area (TPSA) is 79.4 Å². The fourth-order valence-corrected chi connectivity index (χ4v) is 2.62. The number of phenols is 2. The average molecular weight is 347 g/mol. The molecule has 0 amide bonds. The number of aromatic hydroxyl groups is 2. The van der Waals surface area contributed by atoms with Crippen molar-refractivity contribution >= 4 is 15.9 Å². The Hall–Kier alpha value is -2.34. The second-order valence-electron chi connectivity index (χ2n) is 4.61. The SMILES string of the molecule is Cc1ccc(-c2noc(-c3ccc(O)cc3O)n2)c(Br)c1. The third-order valence-corrected chi connectivity index (χ3v) is 3.66. The quantitative estimate of drug-likeness (QED) is 0.735. The summed E-state index contributed by atoms with van der Waals surface area (Å²) in [7, 11) is 0. The summed E-state index contributed by atoms with van der Waals surface area (Å²) < 4.78 is 6.05. The van der Waals surface area contributed by atoms with E-state index in [2.05, 4.69) is 26.1 Å². The van der Waals surface area contributed by atoms with Gasteiger partial charge in [0, 0.05) is 16.1 Å². The summed E-state index contributed by atoms with van der Waals surface area (Å²) in [5, 5.41) is 23.0. The van der Waals surface area contributed by atoms with Gasteiger partial charge >= 0.3 is 0 Å². The van der Waals surface area contributed by atoms with Crippen molar-refractivity contribution in [3.8, 4) is 34.3 Å². The van der Waals surface area contributed by atoms with Crippen molar-refractivity contribution in [1.82, 2.24) is 10.1 Å². The summed E-state index contributed by atoms with van der Waals surface area (Å²) >= 11 is 3.47. The zero-order valence-electron chi connectivity index (χ0n) is 11.0. The molecule has 21 heavy (non-hydrogen) atoms. The van der Waals surface area contributed by atoms with Crippen LogP contribution in [0.4, 0.5) is 0 Å². The van der Waals surface area contributed by atoms with E-state index in [4.69, 9.17) is 4.52 Å². The smallest absolute Gasteiger partial charge is 0.262 e. The molecule has 1 aromatic heterocycles. The Morgan fingerprint density at radius 2 is 1.81 bits per heavy atom. The van der Waals surface area contributed by atoms with Gasteiger partial charge in [0.05, 0.1) is 5.56 Å². The maximum atomic E-state index is 9.82. The molecule has 0 saturated heterocycles. The second kappa shape index (κ2) is 5.21. The number of hydrogen-bond donors (Lipinski definition) is 2. The standard InChI is InChI=1S/C15H11BrN2O3/c1-8-2-4-10(12(16)6-8)14-17-15(21-18-14)11-5-3-9(19)7-13(11)20/h2-7,19-20H,1H3. The van der Waals surface area contributed by atoms with Gasteiger partial charge < -0.3 is 14.7 Å². The zero-order valence-corrected chi connectivity index (χ0v) is 12.6. The minimum absolute atomic E-state index is 0.0303. The van der Waals surface area contributed by atoms with Crippen LogP contribution in [0.5, 0.6) is 11.5 Å². The van der Waals surface area contributed by atoms with Gasteiger partial charge in [-0.1, -0.05) is 27.2 Å². The molecule has 0 radical (unpaired) electrons. The Balaban J connectivity index is 2.03. The molecule has 0 aliphatic rings. The van der Waals surface area contributed by atoms with E-state index in [1.54, 1.807) is 0 Å².